The molecule has 0 amide bonds. The van der Waals surface area contributed by atoms with Crippen LogP contribution < -0.4 is 4.90 Å². The minimum atomic E-state index is -0.297. The molecule has 0 aliphatic carbocycles. The van der Waals surface area contributed by atoms with E-state index in [1.165, 1.54) is 6.07 Å². The number of anilines is 1. The molecular formula is C24H20ClFN4O. The summed E-state index contributed by atoms with van der Waals surface area (Å²) in [7, 11) is 0. The first-order chi connectivity index (χ1) is 15.1. The highest BCUT2D eigenvalue weighted by Crippen LogP contribution is 2.44. The summed E-state index contributed by atoms with van der Waals surface area (Å²) in [5.74, 6) is 1.51. The number of ether oxygens (including phenoxy) is 1. The number of nitrogens with zero attached hydrogens (tertiary/aromatic N) is 3. The Morgan fingerprint density at radius 1 is 1.06 bits per heavy atom. The van der Waals surface area contributed by atoms with Crippen LogP contribution in [0, 0.1) is 5.82 Å². The van der Waals surface area contributed by atoms with E-state index >= 15 is 0 Å². The standard InChI is InChI=1S/C24H20ClFN4O/c25-17-2-5-20-21(12-17)29-23(28-20)15-1-6-22(27-13-15)30-9-7-24(8-10-30)19-4-3-18(26)11-16(19)14-31-24/h1-6,11-13H,7-10,14H2,(H,28,29). The molecule has 7 heteroatoms. The quantitative estimate of drug-likeness (QED) is 0.456. The molecule has 2 aliphatic heterocycles. The first kappa shape index (κ1) is 18.8. The van der Waals surface area contributed by atoms with Crippen molar-refractivity contribution in [2.45, 2.75) is 25.0 Å². The predicted octanol–water partition coefficient (Wildman–Crippen LogP) is 5.44. The molecule has 1 fully saturated rings. The number of aromatic nitrogens is 3. The molecule has 4 aromatic rings. The van der Waals surface area contributed by atoms with Crippen LogP contribution in [0.4, 0.5) is 10.2 Å². The van der Waals surface area contributed by atoms with E-state index < -0.39 is 0 Å². The number of halogens is 2. The maximum Gasteiger partial charge on any atom is 0.140 e. The zero-order valence-electron chi connectivity index (χ0n) is 16.7. The average Bonchev–Trinajstić information content (AvgIpc) is 3.36. The topological polar surface area (TPSA) is 54.0 Å². The van der Waals surface area contributed by atoms with Gasteiger partial charge in [0, 0.05) is 29.9 Å². The van der Waals surface area contributed by atoms with Gasteiger partial charge in [-0.05, 0) is 66.4 Å². The summed E-state index contributed by atoms with van der Waals surface area (Å²) in [6, 6.07) is 14.7. The van der Waals surface area contributed by atoms with Gasteiger partial charge in [0.15, 0.2) is 0 Å². The van der Waals surface area contributed by atoms with Gasteiger partial charge >= 0.3 is 0 Å². The van der Waals surface area contributed by atoms with Crippen LogP contribution in [0.25, 0.3) is 22.4 Å². The molecule has 2 aromatic heterocycles. The third-order valence-corrected chi connectivity index (χ3v) is 6.66. The summed E-state index contributed by atoms with van der Waals surface area (Å²) >= 11 is 6.06. The second-order valence-electron chi connectivity index (χ2n) is 8.22. The molecule has 31 heavy (non-hydrogen) atoms. The van der Waals surface area contributed by atoms with Gasteiger partial charge in [0.1, 0.15) is 17.5 Å². The number of hydrogen-bond donors (Lipinski definition) is 1. The van der Waals surface area contributed by atoms with E-state index in [0.29, 0.717) is 11.6 Å². The number of H-pyrrole nitrogens is 1. The van der Waals surface area contributed by atoms with E-state index in [0.717, 1.165) is 65.3 Å². The molecule has 1 saturated heterocycles. The molecule has 0 bridgehead atoms. The normalized spacial score (nSPS) is 17.4. The van der Waals surface area contributed by atoms with Gasteiger partial charge in [0.2, 0.25) is 0 Å². The smallest absolute Gasteiger partial charge is 0.140 e. The van der Waals surface area contributed by atoms with Gasteiger partial charge in [-0.1, -0.05) is 17.7 Å². The second-order valence-corrected chi connectivity index (χ2v) is 8.66. The van der Waals surface area contributed by atoms with E-state index in [1.54, 1.807) is 6.07 Å². The van der Waals surface area contributed by atoms with Crippen LogP contribution >= 0.6 is 11.6 Å². The van der Waals surface area contributed by atoms with Crippen molar-refractivity contribution in [2.75, 3.05) is 18.0 Å². The Labute approximate surface area is 183 Å². The zero-order valence-corrected chi connectivity index (χ0v) is 17.5. The Balaban J connectivity index is 1.19. The summed E-state index contributed by atoms with van der Waals surface area (Å²) in [6.45, 7) is 2.17. The Morgan fingerprint density at radius 2 is 1.94 bits per heavy atom. The van der Waals surface area contributed by atoms with E-state index in [2.05, 4.69) is 19.9 Å². The van der Waals surface area contributed by atoms with Crippen molar-refractivity contribution in [2.24, 2.45) is 0 Å². The number of fused-ring (bicyclic) bond motifs is 3. The van der Waals surface area contributed by atoms with Crippen molar-refractivity contribution in [1.82, 2.24) is 15.0 Å². The third kappa shape index (κ3) is 3.18. The van der Waals surface area contributed by atoms with E-state index in [9.17, 15) is 4.39 Å². The molecular weight excluding hydrogens is 415 g/mol. The molecule has 6 rings (SSSR count). The second kappa shape index (κ2) is 7.04. The molecule has 1 N–H and O–H groups in total. The molecule has 2 aromatic carbocycles. The highest BCUT2D eigenvalue weighted by atomic mass is 35.5. The molecule has 5 nitrogen and oxygen atoms in total. The number of aromatic amines is 1. The van der Waals surface area contributed by atoms with Crippen LogP contribution in [0.3, 0.4) is 0 Å². The summed E-state index contributed by atoms with van der Waals surface area (Å²) in [5, 5.41) is 0.667. The summed E-state index contributed by atoms with van der Waals surface area (Å²) in [4.78, 5) is 14.9. The molecule has 1 spiro atoms. The highest BCUT2D eigenvalue weighted by molar-refractivity contribution is 6.31. The monoisotopic (exact) mass is 434 g/mol. The van der Waals surface area contributed by atoms with E-state index in [4.69, 9.17) is 16.3 Å². The summed E-state index contributed by atoms with van der Waals surface area (Å²) in [6.07, 6.45) is 3.57. The van der Waals surface area contributed by atoms with E-state index in [1.807, 2.05) is 42.6 Å². The van der Waals surface area contributed by atoms with E-state index in [-0.39, 0.29) is 11.4 Å². The van der Waals surface area contributed by atoms with Crippen LogP contribution in [-0.4, -0.2) is 28.0 Å². The van der Waals surface area contributed by atoms with Gasteiger partial charge in [-0.2, -0.15) is 0 Å². The van der Waals surface area contributed by atoms with Crippen LogP contribution in [0.2, 0.25) is 5.02 Å². The number of imidazole rings is 1. The first-order valence-electron chi connectivity index (χ1n) is 10.4. The van der Waals surface area contributed by atoms with Gasteiger partial charge in [-0.3, -0.25) is 0 Å². The van der Waals surface area contributed by atoms with Crippen molar-refractivity contribution in [3.8, 4) is 11.4 Å². The van der Waals surface area contributed by atoms with Gasteiger partial charge in [-0.25, -0.2) is 14.4 Å². The number of benzene rings is 2. The number of rotatable bonds is 2. The number of nitrogens with one attached hydrogen (secondary N) is 1. The van der Waals surface area contributed by atoms with Crippen molar-refractivity contribution < 1.29 is 9.13 Å². The van der Waals surface area contributed by atoms with Crippen LogP contribution in [-0.2, 0) is 16.9 Å². The van der Waals surface area contributed by atoms with Gasteiger partial charge < -0.3 is 14.6 Å². The Morgan fingerprint density at radius 3 is 2.74 bits per heavy atom. The molecule has 0 saturated carbocycles. The van der Waals surface area contributed by atoms with Crippen molar-refractivity contribution in [3.63, 3.8) is 0 Å². The molecule has 2 aliphatic rings. The minimum Gasteiger partial charge on any atom is -0.365 e. The van der Waals surface area contributed by atoms with Crippen LogP contribution in [0.5, 0.6) is 0 Å². The Kier molecular flexibility index (Phi) is 4.26. The zero-order chi connectivity index (χ0) is 21.0. The fraction of sp³-hybridized carbons (Fsp3) is 0.250. The summed E-state index contributed by atoms with van der Waals surface area (Å²) < 4.78 is 19.7. The molecule has 156 valence electrons. The van der Waals surface area contributed by atoms with Gasteiger partial charge in [0.05, 0.1) is 23.2 Å². The van der Waals surface area contributed by atoms with Gasteiger partial charge in [-0.15, -0.1) is 0 Å². The lowest BCUT2D eigenvalue weighted by molar-refractivity contribution is -0.0551. The fourth-order valence-corrected chi connectivity index (χ4v) is 4.93. The molecule has 0 unspecified atom stereocenters. The molecule has 0 radical (unpaired) electrons. The summed E-state index contributed by atoms with van der Waals surface area (Å²) in [5.41, 5.74) is 4.53. The van der Waals surface area contributed by atoms with Crippen LogP contribution in [0.1, 0.15) is 24.0 Å². The maximum absolute atomic E-state index is 13.5. The highest BCUT2D eigenvalue weighted by Gasteiger charge is 2.42. The molecule has 0 atom stereocenters. The fourth-order valence-electron chi connectivity index (χ4n) is 4.76. The SMILES string of the molecule is Fc1ccc2c(c1)COC21CCN(c2ccc(-c3nc4cc(Cl)ccc4[nH]3)cn2)CC1. The molecule has 4 heterocycles. The van der Waals surface area contributed by atoms with Crippen molar-refractivity contribution in [3.05, 3.63) is 76.7 Å². The lowest BCUT2D eigenvalue weighted by Crippen LogP contribution is -2.42. The predicted molar refractivity (Wildman–Crippen MR) is 119 cm³/mol. The maximum atomic E-state index is 13.5. The largest absolute Gasteiger partial charge is 0.365 e. The number of pyridine rings is 1. The minimum absolute atomic E-state index is 0.200. The van der Waals surface area contributed by atoms with Crippen molar-refractivity contribution in [1.29, 1.82) is 0 Å². The Bertz CT molecular complexity index is 1280. The van der Waals surface area contributed by atoms with Crippen molar-refractivity contribution >= 4 is 28.5 Å². The lowest BCUT2D eigenvalue weighted by atomic mass is 9.84. The number of piperidine rings is 1. The Hall–Kier alpha value is -2.96. The number of hydrogen-bond acceptors (Lipinski definition) is 4. The first-order valence-corrected chi connectivity index (χ1v) is 10.8. The average molecular weight is 435 g/mol. The van der Waals surface area contributed by atoms with Crippen LogP contribution in [0.15, 0.2) is 54.7 Å². The van der Waals surface area contributed by atoms with Gasteiger partial charge in [0.25, 0.3) is 0 Å². The lowest BCUT2D eigenvalue weighted by Gasteiger charge is -2.39. The third-order valence-electron chi connectivity index (χ3n) is 6.42.